The van der Waals surface area contributed by atoms with Crippen LogP contribution in [0.2, 0.25) is 0 Å². The van der Waals surface area contributed by atoms with Crippen LogP contribution in [-0.4, -0.2) is 18.4 Å². The minimum Gasteiger partial charge on any atom is -0.352 e. The van der Waals surface area contributed by atoms with E-state index in [1.54, 1.807) is 6.07 Å². The van der Waals surface area contributed by atoms with Crippen molar-refractivity contribution in [1.29, 1.82) is 0 Å². The molecular weight excluding hydrogens is 336 g/mol. The highest BCUT2D eigenvalue weighted by atomic mass is 16.2. The molecule has 0 saturated carbocycles. The van der Waals surface area contributed by atoms with Gasteiger partial charge in [0.15, 0.2) is 0 Å². The molecule has 4 heteroatoms. The van der Waals surface area contributed by atoms with E-state index in [2.05, 4.69) is 24.5 Å². The van der Waals surface area contributed by atoms with Crippen LogP contribution in [0, 0.1) is 0 Å². The monoisotopic (exact) mass is 360 g/mol. The number of carbonyl (C=O) groups excluding carboxylic acids is 2. The molecule has 3 aromatic rings. The maximum absolute atomic E-state index is 12.3. The Morgan fingerprint density at radius 3 is 2.44 bits per heavy atom. The largest absolute Gasteiger partial charge is 0.352 e. The molecule has 0 saturated heterocycles. The van der Waals surface area contributed by atoms with Gasteiger partial charge in [0.05, 0.1) is 0 Å². The highest BCUT2D eigenvalue weighted by Gasteiger charge is 2.08. The average Bonchev–Trinajstić information content (AvgIpc) is 2.67. The Morgan fingerprint density at radius 1 is 0.889 bits per heavy atom. The molecule has 0 heterocycles. The van der Waals surface area contributed by atoms with E-state index in [1.165, 1.54) is 5.56 Å². The maximum Gasteiger partial charge on any atom is 0.251 e. The predicted octanol–water partition coefficient (Wildman–Crippen LogP) is 4.72. The Balaban J connectivity index is 1.51. The first-order valence-electron chi connectivity index (χ1n) is 9.20. The van der Waals surface area contributed by atoms with Crippen molar-refractivity contribution in [3.8, 4) is 0 Å². The number of amides is 2. The van der Waals surface area contributed by atoms with Crippen molar-refractivity contribution in [2.45, 2.75) is 26.2 Å². The van der Waals surface area contributed by atoms with Crippen molar-refractivity contribution < 1.29 is 9.59 Å². The molecule has 0 bridgehead atoms. The number of hydrogen-bond acceptors (Lipinski definition) is 2. The molecule has 2 N–H and O–H groups in total. The molecule has 0 radical (unpaired) electrons. The van der Waals surface area contributed by atoms with Gasteiger partial charge in [-0.3, -0.25) is 9.59 Å². The van der Waals surface area contributed by atoms with Crippen molar-refractivity contribution >= 4 is 28.3 Å². The number of hydrogen-bond donors (Lipinski definition) is 2. The summed E-state index contributed by atoms with van der Waals surface area (Å²) in [7, 11) is 0. The van der Waals surface area contributed by atoms with E-state index in [0.717, 1.165) is 16.5 Å². The summed E-state index contributed by atoms with van der Waals surface area (Å²) < 4.78 is 0. The second-order valence-electron chi connectivity index (χ2n) is 6.90. The molecule has 0 aliphatic rings. The SMILES string of the molecule is CC(C)c1cccc(NC(=O)CCNC(=O)c2ccc3ccccc3c2)c1. The number of fused-ring (bicyclic) bond motifs is 1. The molecule has 2 amide bonds. The number of rotatable bonds is 6. The van der Waals surface area contributed by atoms with Crippen molar-refractivity contribution in [1.82, 2.24) is 5.32 Å². The molecule has 0 spiro atoms. The van der Waals surface area contributed by atoms with Crippen molar-refractivity contribution in [3.05, 3.63) is 77.9 Å². The highest BCUT2D eigenvalue weighted by molar-refractivity contribution is 5.99. The summed E-state index contributed by atoms with van der Waals surface area (Å²) in [6.45, 7) is 4.52. The molecule has 0 aliphatic carbocycles. The molecule has 0 atom stereocenters. The third kappa shape index (κ3) is 4.94. The van der Waals surface area contributed by atoms with E-state index in [-0.39, 0.29) is 18.2 Å². The second kappa shape index (κ2) is 8.49. The zero-order chi connectivity index (χ0) is 19.2. The summed E-state index contributed by atoms with van der Waals surface area (Å²) in [5, 5.41) is 7.81. The fourth-order valence-electron chi connectivity index (χ4n) is 2.92. The van der Waals surface area contributed by atoms with Gasteiger partial charge in [0.2, 0.25) is 5.91 Å². The van der Waals surface area contributed by atoms with Crippen LogP contribution in [-0.2, 0) is 4.79 Å². The lowest BCUT2D eigenvalue weighted by atomic mass is 10.0. The zero-order valence-corrected chi connectivity index (χ0v) is 15.7. The summed E-state index contributed by atoms with van der Waals surface area (Å²) in [4.78, 5) is 24.4. The zero-order valence-electron chi connectivity index (χ0n) is 15.7. The lowest BCUT2D eigenvalue weighted by molar-refractivity contribution is -0.116. The van der Waals surface area contributed by atoms with Crippen LogP contribution in [0.15, 0.2) is 66.7 Å². The van der Waals surface area contributed by atoms with Gasteiger partial charge in [-0.25, -0.2) is 0 Å². The van der Waals surface area contributed by atoms with E-state index in [0.29, 0.717) is 18.0 Å². The standard InChI is InChI=1S/C23H24N2O2/c1-16(2)18-8-5-9-21(15-18)25-22(26)12-13-24-23(27)20-11-10-17-6-3-4-7-19(17)14-20/h3-11,14-16H,12-13H2,1-2H3,(H,24,27)(H,25,26). The molecule has 27 heavy (non-hydrogen) atoms. The van der Waals surface area contributed by atoms with Crippen molar-refractivity contribution in [3.63, 3.8) is 0 Å². The summed E-state index contributed by atoms with van der Waals surface area (Å²) in [5.41, 5.74) is 2.56. The van der Waals surface area contributed by atoms with Crippen LogP contribution in [0.1, 0.15) is 42.1 Å². The van der Waals surface area contributed by atoms with E-state index < -0.39 is 0 Å². The van der Waals surface area contributed by atoms with Gasteiger partial charge in [-0.15, -0.1) is 0 Å². The number of benzene rings is 3. The minimum atomic E-state index is -0.171. The van der Waals surface area contributed by atoms with Crippen LogP contribution in [0.3, 0.4) is 0 Å². The molecule has 0 aromatic heterocycles. The highest BCUT2D eigenvalue weighted by Crippen LogP contribution is 2.18. The average molecular weight is 360 g/mol. The van der Waals surface area contributed by atoms with Gasteiger partial charge in [0.25, 0.3) is 5.91 Å². The van der Waals surface area contributed by atoms with Gasteiger partial charge in [-0.1, -0.05) is 56.3 Å². The first kappa shape index (κ1) is 18.6. The lowest BCUT2D eigenvalue weighted by Gasteiger charge is -2.10. The smallest absolute Gasteiger partial charge is 0.251 e. The molecule has 3 rings (SSSR count). The van der Waals surface area contributed by atoms with E-state index >= 15 is 0 Å². The maximum atomic E-state index is 12.3. The van der Waals surface area contributed by atoms with Gasteiger partial charge in [0, 0.05) is 24.2 Å². The van der Waals surface area contributed by atoms with Crippen molar-refractivity contribution in [2.75, 3.05) is 11.9 Å². The van der Waals surface area contributed by atoms with Gasteiger partial charge in [-0.05, 0) is 46.5 Å². The van der Waals surface area contributed by atoms with Crippen LogP contribution in [0.4, 0.5) is 5.69 Å². The summed E-state index contributed by atoms with van der Waals surface area (Å²) in [6.07, 6.45) is 0.227. The van der Waals surface area contributed by atoms with Gasteiger partial charge in [-0.2, -0.15) is 0 Å². The molecule has 138 valence electrons. The first-order valence-corrected chi connectivity index (χ1v) is 9.20. The molecule has 3 aromatic carbocycles. The summed E-state index contributed by atoms with van der Waals surface area (Å²) in [6, 6.07) is 21.3. The molecule has 4 nitrogen and oxygen atoms in total. The van der Waals surface area contributed by atoms with Crippen LogP contribution in [0.5, 0.6) is 0 Å². The molecule has 0 unspecified atom stereocenters. The fourth-order valence-corrected chi connectivity index (χ4v) is 2.92. The summed E-state index contributed by atoms with van der Waals surface area (Å²) >= 11 is 0. The second-order valence-corrected chi connectivity index (χ2v) is 6.90. The van der Waals surface area contributed by atoms with Gasteiger partial charge in [0.1, 0.15) is 0 Å². The minimum absolute atomic E-state index is 0.116. The first-order chi connectivity index (χ1) is 13.0. The Kier molecular flexibility index (Phi) is 5.87. The third-order valence-corrected chi connectivity index (χ3v) is 4.49. The van der Waals surface area contributed by atoms with Gasteiger partial charge < -0.3 is 10.6 Å². The fraction of sp³-hybridized carbons (Fsp3) is 0.217. The quantitative estimate of drug-likeness (QED) is 0.668. The summed E-state index contributed by atoms with van der Waals surface area (Å²) in [5.74, 6) is 0.119. The Labute approximate surface area is 159 Å². The number of carbonyl (C=O) groups is 2. The Bertz CT molecular complexity index is 963. The van der Waals surface area contributed by atoms with Gasteiger partial charge >= 0.3 is 0 Å². The number of nitrogens with one attached hydrogen (secondary N) is 2. The molecular formula is C23H24N2O2. The van der Waals surface area contributed by atoms with E-state index in [9.17, 15) is 9.59 Å². The molecule has 0 aliphatic heterocycles. The van der Waals surface area contributed by atoms with Crippen LogP contribution >= 0.6 is 0 Å². The lowest BCUT2D eigenvalue weighted by Crippen LogP contribution is -2.27. The Morgan fingerprint density at radius 2 is 1.67 bits per heavy atom. The van der Waals surface area contributed by atoms with Crippen molar-refractivity contribution in [2.24, 2.45) is 0 Å². The van der Waals surface area contributed by atoms with E-state index in [4.69, 9.17) is 0 Å². The number of anilines is 1. The van der Waals surface area contributed by atoms with Crippen LogP contribution < -0.4 is 10.6 Å². The topological polar surface area (TPSA) is 58.2 Å². The Hall–Kier alpha value is -3.14. The van der Waals surface area contributed by atoms with E-state index in [1.807, 2.05) is 60.7 Å². The van der Waals surface area contributed by atoms with Crippen LogP contribution in [0.25, 0.3) is 10.8 Å². The third-order valence-electron chi connectivity index (χ3n) is 4.49. The predicted molar refractivity (Wildman–Crippen MR) is 110 cm³/mol. The molecule has 0 fully saturated rings. The normalized spacial score (nSPS) is 10.8.